The van der Waals surface area contributed by atoms with Gasteiger partial charge >= 0.3 is 7.12 Å². The molecule has 0 saturated heterocycles. The van der Waals surface area contributed by atoms with Crippen LogP contribution in [0.5, 0.6) is 0 Å². The normalized spacial score (nSPS) is 10.7. The highest BCUT2D eigenvalue weighted by atomic mass is 32.1. The van der Waals surface area contributed by atoms with Gasteiger partial charge in [0.25, 0.3) is 0 Å². The van der Waals surface area contributed by atoms with E-state index in [4.69, 9.17) is 10.0 Å². The van der Waals surface area contributed by atoms with Crippen molar-refractivity contribution in [2.45, 2.75) is 6.54 Å². The predicted octanol–water partition coefficient (Wildman–Crippen LogP) is 1.34. The highest BCUT2D eigenvalue weighted by molar-refractivity contribution is 7.13. The number of benzene rings is 1. The van der Waals surface area contributed by atoms with Gasteiger partial charge in [-0.15, -0.1) is 11.3 Å². The molecule has 1 aromatic carbocycles. The zero-order valence-corrected chi connectivity index (χ0v) is 11.5. The Kier molecular flexibility index (Phi) is 3.69. The first-order valence-corrected chi connectivity index (χ1v) is 7.12. The summed E-state index contributed by atoms with van der Waals surface area (Å²) >= 11 is 1.66. The lowest BCUT2D eigenvalue weighted by atomic mass is 9.80. The molecule has 4 nitrogen and oxygen atoms in total. The minimum Gasteiger partial charge on any atom is -0.423 e. The van der Waals surface area contributed by atoms with Gasteiger partial charge in [-0.1, -0.05) is 30.3 Å². The van der Waals surface area contributed by atoms with Crippen LogP contribution >= 0.6 is 11.3 Å². The topological polar surface area (TPSA) is 58.3 Å². The average Bonchev–Trinajstić information content (AvgIpc) is 3.09. The first-order valence-electron chi connectivity index (χ1n) is 6.24. The summed E-state index contributed by atoms with van der Waals surface area (Å²) in [6, 6.07) is 11.3. The molecule has 0 atom stereocenters. The van der Waals surface area contributed by atoms with E-state index in [0.717, 1.165) is 16.3 Å². The van der Waals surface area contributed by atoms with Crippen molar-refractivity contribution < 1.29 is 10.0 Å². The van der Waals surface area contributed by atoms with Crippen LogP contribution in [0.4, 0.5) is 0 Å². The van der Waals surface area contributed by atoms with Crippen LogP contribution in [0, 0.1) is 0 Å². The summed E-state index contributed by atoms with van der Waals surface area (Å²) in [5.41, 5.74) is 1.59. The molecule has 2 heterocycles. The van der Waals surface area contributed by atoms with Crippen molar-refractivity contribution in [2.75, 3.05) is 0 Å². The van der Waals surface area contributed by atoms with Crippen LogP contribution in [-0.4, -0.2) is 26.7 Å². The third-order valence-electron chi connectivity index (χ3n) is 3.09. The van der Waals surface area contributed by atoms with Gasteiger partial charge in [-0.2, -0.15) is 0 Å². The van der Waals surface area contributed by atoms with Crippen molar-refractivity contribution in [2.24, 2.45) is 0 Å². The van der Waals surface area contributed by atoms with Crippen molar-refractivity contribution in [1.82, 2.24) is 9.55 Å². The number of rotatable bonds is 4. The summed E-state index contributed by atoms with van der Waals surface area (Å²) in [5.74, 6) is 0.950. The summed E-state index contributed by atoms with van der Waals surface area (Å²) in [4.78, 5) is 5.53. The molecule has 0 saturated carbocycles. The summed E-state index contributed by atoms with van der Waals surface area (Å²) in [7, 11) is -1.42. The van der Waals surface area contributed by atoms with Gasteiger partial charge in [0.1, 0.15) is 5.82 Å². The van der Waals surface area contributed by atoms with Gasteiger partial charge in [-0.3, -0.25) is 0 Å². The van der Waals surface area contributed by atoms with Gasteiger partial charge in [0.2, 0.25) is 0 Å². The van der Waals surface area contributed by atoms with Gasteiger partial charge in [0.05, 0.1) is 4.88 Å². The maximum absolute atomic E-state index is 9.08. The molecule has 0 aliphatic rings. The molecular weight excluding hydrogens is 271 g/mol. The fraction of sp³-hybridized carbons (Fsp3) is 0.0714. The zero-order chi connectivity index (χ0) is 13.9. The fourth-order valence-electron chi connectivity index (χ4n) is 2.06. The number of imidazole rings is 1. The minimum absolute atomic E-state index is 0.498. The van der Waals surface area contributed by atoms with Crippen LogP contribution in [0.2, 0.25) is 0 Å². The lowest BCUT2D eigenvalue weighted by molar-refractivity contribution is 0.426. The van der Waals surface area contributed by atoms with Crippen molar-refractivity contribution in [3.8, 4) is 10.7 Å². The second-order valence-electron chi connectivity index (χ2n) is 4.47. The van der Waals surface area contributed by atoms with E-state index in [1.807, 2.05) is 29.8 Å². The van der Waals surface area contributed by atoms with Crippen LogP contribution in [0.3, 0.4) is 0 Å². The van der Waals surface area contributed by atoms with Gasteiger partial charge in [-0.25, -0.2) is 4.98 Å². The van der Waals surface area contributed by atoms with E-state index in [1.54, 1.807) is 29.7 Å². The molecule has 3 aromatic rings. The number of hydrogen-bond donors (Lipinski definition) is 2. The first kappa shape index (κ1) is 13.1. The van der Waals surface area contributed by atoms with Crippen molar-refractivity contribution >= 4 is 23.9 Å². The maximum Gasteiger partial charge on any atom is 0.488 e. The van der Waals surface area contributed by atoms with Crippen LogP contribution in [-0.2, 0) is 6.54 Å². The van der Waals surface area contributed by atoms with Crippen molar-refractivity contribution in [1.29, 1.82) is 0 Å². The van der Waals surface area contributed by atoms with Crippen molar-refractivity contribution in [3.05, 3.63) is 59.7 Å². The van der Waals surface area contributed by atoms with E-state index < -0.39 is 7.12 Å². The quantitative estimate of drug-likeness (QED) is 0.711. The summed E-state index contributed by atoms with van der Waals surface area (Å²) in [5, 5.41) is 20.2. The Morgan fingerprint density at radius 2 is 1.95 bits per heavy atom. The molecule has 0 bridgehead atoms. The lowest BCUT2D eigenvalue weighted by Crippen LogP contribution is -2.29. The average molecular weight is 284 g/mol. The summed E-state index contributed by atoms with van der Waals surface area (Å²) in [6.45, 7) is 0.703. The molecule has 0 fully saturated rings. The molecule has 0 radical (unpaired) electrons. The standard InChI is InChI=1S/C14H13BN2O2S/c18-15(19)12-5-3-11(4-6-12)10-17-8-7-16-14(17)13-2-1-9-20-13/h1-9,18-19H,10H2. The predicted molar refractivity (Wildman–Crippen MR) is 80.9 cm³/mol. The molecule has 6 heteroatoms. The Labute approximate surface area is 121 Å². The molecular formula is C14H13BN2O2S. The van der Waals surface area contributed by atoms with Crippen LogP contribution < -0.4 is 5.46 Å². The number of thiophene rings is 1. The largest absolute Gasteiger partial charge is 0.488 e. The molecule has 100 valence electrons. The number of aromatic nitrogens is 2. The smallest absolute Gasteiger partial charge is 0.423 e. The van der Waals surface area contributed by atoms with E-state index in [1.165, 1.54) is 0 Å². The van der Waals surface area contributed by atoms with Gasteiger partial charge in [0.15, 0.2) is 0 Å². The first-order chi connectivity index (χ1) is 9.74. The second kappa shape index (κ2) is 5.62. The molecule has 0 amide bonds. The van der Waals surface area contributed by atoms with E-state index >= 15 is 0 Å². The second-order valence-corrected chi connectivity index (χ2v) is 5.42. The lowest BCUT2D eigenvalue weighted by Gasteiger charge is -2.07. The van der Waals surface area contributed by atoms with Crippen LogP contribution in [0.1, 0.15) is 5.56 Å². The van der Waals surface area contributed by atoms with E-state index in [9.17, 15) is 0 Å². The molecule has 2 aromatic heterocycles. The summed E-state index contributed by atoms with van der Waals surface area (Å²) in [6.07, 6.45) is 3.74. The van der Waals surface area contributed by atoms with E-state index in [-0.39, 0.29) is 0 Å². The number of hydrogen-bond acceptors (Lipinski definition) is 4. The van der Waals surface area contributed by atoms with Crippen LogP contribution in [0.15, 0.2) is 54.2 Å². The number of nitrogens with zero attached hydrogens (tertiary/aromatic N) is 2. The molecule has 0 spiro atoms. The molecule has 0 aliphatic carbocycles. The van der Waals surface area contributed by atoms with Gasteiger partial charge < -0.3 is 14.6 Å². The highest BCUT2D eigenvalue weighted by Crippen LogP contribution is 2.23. The minimum atomic E-state index is -1.42. The van der Waals surface area contributed by atoms with E-state index in [0.29, 0.717) is 12.0 Å². The molecule has 2 N–H and O–H groups in total. The zero-order valence-electron chi connectivity index (χ0n) is 10.7. The Hall–Kier alpha value is -1.89. The third-order valence-corrected chi connectivity index (χ3v) is 3.95. The highest BCUT2D eigenvalue weighted by Gasteiger charge is 2.11. The Bertz CT molecular complexity index is 678. The molecule has 3 rings (SSSR count). The Morgan fingerprint density at radius 1 is 1.15 bits per heavy atom. The fourth-order valence-corrected chi connectivity index (χ4v) is 2.80. The molecule has 0 aliphatic heterocycles. The third kappa shape index (κ3) is 2.67. The summed E-state index contributed by atoms with van der Waals surface area (Å²) < 4.78 is 2.08. The Balaban J connectivity index is 1.83. The monoisotopic (exact) mass is 284 g/mol. The van der Waals surface area contributed by atoms with Crippen LogP contribution in [0.25, 0.3) is 10.7 Å². The van der Waals surface area contributed by atoms with Gasteiger partial charge in [-0.05, 0) is 22.5 Å². The van der Waals surface area contributed by atoms with E-state index in [2.05, 4.69) is 15.6 Å². The molecule has 20 heavy (non-hydrogen) atoms. The SMILES string of the molecule is OB(O)c1ccc(Cn2ccnc2-c2cccs2)cc1. The maximum atomic E-state index is 9.08. The Morgan fingerprint density at radius 3 is 2.60 bits per heavy atom. The molecule has 0 unspecified atom stereocenters. The van der Waals surface area contributed by atoms with Crippen molar-refractivity contribution in [3.63, 3.8) is 0 Å². The van der Waals surface area contributed by atoms with Gasteiger partial charge in [0, 0.05) is 18.9 Å².